The van der Waals surface area contributed by atoms with Crippen molar-refractivity contribution in [3.05, 3.63) is 29.0 Å². The SMILES string of the molecule is CC1CN(C(=O)Nc2ccc(F)cc2Cl)CCCO1. The van der Waals surface area contributed by atoms with Crippen LogP contribution in [0.1, 0.15) is 13.3 Å². The molecule has 1 unspecified atom stereocenters. The quantitative estimate of drug-likeness (QED) is 0.862. The lowest BCUT2D eigenvalue weighted by molar-refractivity contribution is 0.0718. The number of anilines is 1. The highest BCUT2D eigenvalue weighted by Gasteiger charge is 2.20. The number of benzene rings is 1. The fourth-order valence-electron chi connectivity index (χ4n) is 1.96. The van der Waals surface area contributed by atoms with Crippen LogP contribution in [0.2, 0.25) is 5.02 Å². The van der Waals surface area contributed by atoms with E-state index in [4.69, 9.17) is 16.3 Å². The molecule has 0 spiro atoms. The Bertz CT molecular complexity index is 470. The molecule has 1 fully saturated rings. The molecule has 2 rings (SSSR count). The molecule has 104 valence electrons. The van der Waals surface area contributed by atoms with Gasteiger partial charge >= 0.3 is 6.03 Å². The maximum atomic E-state index is 12.9. The summed E-state index contributed by atoms with van der Waals surface area (Å²) >= 11 is 5.88. The maximum absolute atomic E-state index is 12.9. The number of carbonyl (C=O) groups is 1. The van der Waals surface area contributed by atoms with E-state index in [9.17, 15) is 9.18 Å². The average Bonchev–Trinajstić information content (AvgIpc) is 2.57. The summed E-state index contributed by atoms with van der Waals surface area (Å²) in [6, 6.07) is 3.64. The predicted molar refractivity (Wildman–Crippen MR) is 72.0 cm³/mol. The van der Waals surface area contributed by atoms with Gasteiger partial charge in [-0.05, 0) is 31.5 Å². The lowest BCUT2D eigenvalue weighted by Gasteiger charge is -2.22. The summed E-state index contributed by atoms with van der Waals surface area (Å²) < 4.78 is 18.4. The number of urea groups is 1. The third-order valence-corrected chi connectivity index (χ3v) is 3.22. The number of halogens is 2. The topological polar surface area (TPSA) is 41.6 Å². The highest BCUT2D eigenvalue weighted by Crippen LogP contribution is 2.23. The number of ether oxygens (including phenoxy) is 1. The number of carbonyl (C=O) groups excluding carboxylic acids is 1. The summed E-state index contributed by atoms with van der Waals surface area (Å²) in [5, 5.41) is 2.88. The van der Waals surface area contributed by atoms with Gasteiger partial charge in [0.1, 0.15) is 5.82 Å². The van der Waals surface area contributed by atoms with Gasteiger partial charge in [-0.1, -0.05) is 11.6 Å². The molecule has 1 saturated heterocycles. The number of hydrogen-bond acceptors (Lipinski definition) is 2. The molecule has 0 radical (unpaired) electrons. The van der Waals surface area contributed by atoms with Crippen molar-refractivity contribution < 1.29 is 13.9 Å². The number of rotatable bonds is 1. The van der Waals surface area contributed by atoms with E-state index in [0.717, 1.165) is 6.42 Å². The van der Waals surface area contributed by atoms with E-state index in [1.807, 2.05) is 6.92 Å². The summed E-state index contributed by atoms with van der Waals surface area (Å²) in [5.41, 5.74) is 0.408. The van der Waals surface area contributed by atoms with Crippen LogP contribution in [0.25, 0.3) is 0 Å². The molecule has 4 nitrogen and oxygen atoms in total. The van der Waals surface area contributed by atoms with Crippen LogP contribution in [-0.2, 0) is 4.74 Å². The first kappa shape index (κ1) is 14.1. The molecule has 0 bridgehead atoms. The second kappa shape index (κ2) is 6.21. The van der Waals surface area contributed by atoms with Crippen molar-refractivity contribution in [2.45, 2.75) is 19.4 Å². The lowest BCUT2D eigenvalue weighted by atomic mass is 10.3. The zero-order valence-corrected chi connectivity index (χ0v) is 11.4. The molecule has 1 atom stereocenters. The number of amides is 2. The molecule has 0 aliphatic carbocycles. The van der Waals surface area contributed by atoms with Gasteiger partial charge in [0, 0.05) is 19.7 Å². The van der Waals surface area contributed by atoms with Crippen molar-refractivity contribution in [1.82, 2.24) is 4.90 Å². The average molecular weight is 287 g/mol. The van der Waals surface area contributed by atoms with Gasteiger partial charge in [-0.3, -0.25) is 0 Å². The van der Waals surface area contributed by atoms with Crippen LogP contribution in [0.5, 0.6) is 0 Å². The number of nitrogens with zero attached hydrogens (tertiary/aromatic N) is 1. The van der Waals surface area contributed by atoms with Crippen LogP contribution in [0.15, 0.2) is 18.2 Å². The van der Waals surface area contributed by atoms with E-state index in [1.54, 1.807) is 4.90 Å². The number of hydrogen-bond donors (Lipinski definition) is 1. The molecular formula is C13H16ClFN2O2. The largest absolute Gasteiger partial charge is 0.377 e. The van der Waals surface area contributed by atoms with Crippen molar-refractivity contribution in [1.29, 1.82) is 0 Å². The van der Waals surface area contributed by atoms with Crippen molar-refractivity contribution >= 4 is 23.3 Å². The molecule has 0 saturated carbocycles. The second-order valence-corrected chi connectivity index (χ2v) is 4.94. The molecule has 1 aliphatic heterocycles. The molecule has 2 amide bonds. The Kier molecular flexibility index (Phi) is 4.61. The Labute approximate surface area is 116 Å². The predicted octanol–water partition coefficient (Wildman–Crippen LogP) is 3.12. The molecular weight excluding hydrogens is 271 g/mol. The summed E-state index contributed by atoms with van der Waals surface area (Å²) in [4.78, 5) is 13.8. The summed E-state index contributed by atoms with van der Waals surface area (Å²) in [5.74, 6) is -0.431. The number of nitrogens with one attached hydrogen (secondary N) is 1. The Morgan fingerprint density at radius 3 is 3.11 bits per heavy atom. The van der Waals surface area contributed by atoms with Crippen molar-refractivity contribution in [2.75, 3.05) is 25.0 Å². The summed E-state index contributed by atoms with van der Waals surface area (Å²) in [7, 11) is 0. The summed E-state index contributed by atoms with van der Waals surface area (Å²) in [6.45, 7) is 3.75. The van der Waals surface area contributed by atoms with Crippen molar-refractivity contribution in [2.24, 2.45) is 0 Å². The van der Waals surface area contributed by atoms with Gasteiger partial charge < -0.3 is 15.0 Å². The summed E-state index contributed by atoms with van der Waals surface area (Å²) in [6.07, 6.45) is 0.812. The minimum absolute atomic E-state index is 0.0111. The Morgan fingerprint density at radius 2 is 2.37 bits per heavy atom. The third kappa shape index (κ3) is 3.81. The fraction of sp³-hybridized carbons (Fsp3) is 0.462. The maximum Gasteiger partial charge on any atom is 0.321 e. The van der Waals surface area contributed by atoms with Crippen LogP contribution >= 0.6 is 11.6 Å². The zero-order chi connectivity index (χ0) is 13.8. The van der Waals surface area contributed by atoms with Crippen molar-refractivity contribution in [3.63, 3.8) is 0 Å². The Hall–Kier alpha value is -1.33. The molecule has 1 aromatic rings. The first-order chi connectivity index (χ1) is 9.06. The molecule has 1 N–H and O–H groups in total. The van der Waals surface area contributed by atoms with E-state index in [-0.39, 0.29) is 17.2 Å². The molecule has 0 aromatic heterocycles. The van der Waals surface area contributed by atoms with Gasteiger partial charge in [-0.2, -0.15) is 0 Å². The van der Waals surface area contributed by atoms with Crippen LogP contribution in [-0.4, -0.2) is 36.7 Å². The molecule has 19 heavy (non-hydrogen) atoms. The van der Waals surface area contributed by atoms with E-state index in [2.05, 4.69) is 5.32 Å². The van der Waals surface area contributed by atoms with Crippen LogP contribution in [0.4, 0.5) is 14.9 Å². The second-order valence-electron chi connectivity index (χ2n) is 4.54. The fourth-order valence-corrected chi connectivity index (χ4v) is 2.18. The Morgan fingerprint density at radius 1 is 1.58 bits per heavy atom. The third-order valence-electron chi connectivity index (χ3n) is 2.91. The molecule has 1 heterocycles. The van der Waals surface area contributed by atoms with Gasteiger partial charge in [0.05, 0.1) is 16.8 Å². The highest BCUT2D eigenvalue weighted by molar-refractivity contribution is 6.33. The van der Waals surface area contributed by atoms with Crippen LogP contribution in [0.3, 0.4) is 0 Å². The van der Waals surface area contributed by atoms with Gasteiger partial charge in [0.15, 0.2) is 0 Å². The highest BCUT2D eigenvalue weighted by atomic mass is 35.5. The standard InChI is InChI=1S/C13H16ClFN2O2/c1-9-8-17(5-2-6-19-9)13(18)16-12-4-3-10(15)7-11(12)14/h3-4,7,9H,2,5-6,8H2,1H3,(H,16,18). The van der Waals surface area contributed by atoms with Crippen LogP contribution < -0.4 is 5.32 Å². The van der Waals surface area contributed by atoms with E-state index in [0.29, 0.717) is 25.4 Å². The zero-order valence-electron chi connectivity index (χ0n) is 10.7. The smallest absolute Gasteiger partial charge is 0.321 e. The van der Waals surface area contributed by atoms with Gasteiger partial charge in [-0.15, -0.1) is 0 Å². The first-order valence-electron chi connectivity index (χ1n) is 6.19. The van der Waals surface area contributed by atoms with Gasteiger partial charge in [0.25, 0.3) is 0 Å². The molecule has 1 aromatic carbocycles. The van der Waals surface area contributed by atoms with Gasteiger partial charge in [-0.25, -0.2) is 9.18 Å². The van der Waals surface area contributed by atoms with Crippen molar-refractivity contribution in [3.8, 4) is 0 Å². The Balaban J connectivity index is 2.03. The minimum atomic E-state index is -0.431. The van der Waals surface area contributed by atoms with E-state index in [1.165, 1.54) is 18.2 Å². The normalized spacial score (nSPS) is 19.9. The van der Waals surface area contributed by atoms with E-state index < -0.39 is 5.82 Å². The molecule has 6 heteroatoms. The minimum Gasteiger partial charge on any atom is -0.377 e. The lowest BCUT2D eigenvalue weighted by Crippen LogP contribution is -2.38. The van der Waals surface area contributed by atoms with E-state index >= 15 is 0 Å². The monoisotopic (exact) mass is 286 g/mol. The van der Waals surface area contributed by atoms with Crippen LogP contribution in [0, 0.1) is 5.82 Å². The molecule has 1 aliphatic rings. The van der Waals surface area contributed by atoms with Gasteiger partial charge in [0.2, 0.25) is 0 Å². The first-order valence-corrected chi connectivity index (χ1v) is 6.56.